The van der Waals surface area contributed by atoms with Gasteiger partial charge in [-0.25, -0.2) is 0 Å². The molecule has 1 atom stereocenters. The molecule has 0 saturated carbocycles. The molecule has 0 spiro atoms. The third-order valence-corrected chi connectivity index (χ3v) is 7.04. The first-order chi connectivity index (χ1) is 17.0. The maximum absolute atomic E-state index is 13.8. The first-order valence-electron chi connectivity index (χ1n) is 11.2. The normalized spacial score (nSPS) is 15.3. The number of benzene rings is 3. The maximum Gasteiger partial charge on any atom is 0.288 e. The molecule has 5 rings (SSSR count). The molecule has 5 nitrogen and oxygen atoms in total. The van der Waals surface area contributed by atoms with Crippen molar-refractivity contribution in [2.75, 3.05) is 20.8 Å². The van der Waals surface area contributed by atoms with Crippen molar-refractivity contribution >= 4 is 28.6 Å². The number of para-hydroxylation sites is 1. The van der Waals surface area contributed by atoms with Crippen molar-refractivity contribution in [1.82, 2.24) is 9.88 Å². The topological polar surface area (TPSA) is 54.6 Å². The third-order valence-electron chi connectivity index (χ3n) is 6.33. The number of ether oxygens (including phenoxy) is 2. The van der Waals surface area contributed by atoms with E-state index in [9.17, 15) is 13.6 Å². The molecule has 8 heteroatoms. The van der Waals surface area contributed by atoms with Crippen molar-refractivity contribution in [3.05, 3.63) is 89.1 Å². The van der Waals surface area contributed by atoms with Gasteiger partial charge in [0, 0.05) is 39.2 Å². The van der Waals surface area contributed by atoms with E-state index in [1.54, 1.807) is 37.3 Å². The number of nitrogens with one attached hydrogen (secondary N) is 1. The summed E-state index contributed by atoms with van der Waals surface area (Å²) in [4.78, 5) is 19.5. The molecule has 1 aliphatic rings. The summed E-state index contributed by atoms with van der Waals surface area (Å²) in [5.74, 6) is -1.52. The fraction of sp³-hybridized carbons (Fsp3) is 0.222. The van der Waals surface area contributed by atoms with Crippen LogP contribution >= 0.6 is 11.8 Å². The Morgan fingerprint density at radius 2 is 1.89 bits per heavy atom. The summed E-state index contributed by atoms with van der Waals surface area (Å²) in [5.41, 5.74) is 4.21. The first-order valence-corrected chi connectivity index (χ1v) is 12.1. The van der Waals surface area contributed by atoms with Gasteiger partial charge in [0.2, 0.25) is 0 Å². The van der Waals surface area contributed by atoms with Crippen LogP contribution in [0.25, 0.3) is 10.9 Å². The number of nitrogens with zero attached hydrogens (tertiary/aromatic N) is 1. The Morgan fingerprint density at radius 3 is 2.66 bits per heavy atom. The lowest BCUT2D eigenvalue weighted by Gasteiger charge is -2.37. The van der Waals surface area contributed by atoms with Crippen molar-refractivity contribution in [1.29, 1.82) is 0 Å². The smallest absolute Gasteiger partial charge is 0.288 e. The third kappa shape index (κ3) is 4.34. The lowest BCUT2D eigenvalue weighted by atomic mass is 9.91. The second-order valence-electron chi connectivity index (χ2n) is 8.23. The van der Waals surface area contributed by atoms with Crippen LogP contribution in [0, 0.1) is 0 Å². The van der Waals surface area contributed by atoms with Gasteiger partial charge in [-0.1, -0.05) is 36.0 Å². The molecule has 0 bridgehead atoms. The molecule has 1 unspecified atom stereocenters. The minimum absolute atomic E-state index is 0.235. The number of carbonyl (C=O) groups excluding carboxylic acids is 1. The van der Waals surface area contributed by atoms with Gasteiger partial charge in [0.05, 0.1) is 14.2 Å². The minimum Gasteiger partial charge on any atom is -0.497 e. The average molecular weight is 495 g/mol. The number of aromatic nitrogens is 1. The second kappa shape index (κ2) is 9.62. The number of hydrogen-bond acceptors (Lipinski definition) is 4. The van der Waals surface area contributed by atoms with Crippen LogP contribution in [0.2, 0.25) is 0 Å². The quantitative estimate of drug-likeness (QED) is 0.320. The summed E-state index contributed by atoms with van der Waals surface area (Å²) in [6, 6.07) is 19.5. The number of methoxy groups -OCH3 is 2. The predicted octanol–water partition coefficient (Wildman–Crippen LogP) is 6.29. The Bertz CT molecular complexity index is 1390. The van der Waals surface area contributed by atoms with Gasteiger partial charge >= 0.3 is 0 Å². The second-order valence-corrected chi connectivity index (χ2v) is 9.29. The van der Waals surface area contributed by atoms with Gasteiger partial charge < -0.3 is 19.4 Å². The van der Waals surface area contributed by atoms with E-state index in [1.165, 1.54) is 6.07 Å². The summed E-state index contributed by atoms with van der Waals surface area (Å²) in [6.07, 6.45) is 0.666. The highest BCUT2D eigenvalue weighted by molar-refractivity contribution is 7.99. The molecule has 1 N–H and O–H groups in total. The zero-order valence-electron chi connectivity index (χ0n) is 19.3. The Hall–Kier alpha value is -3.52. The molecular formula is C27H24F2N2O3S. The van der Waals surface area contributed by atoms with Gasteiger partial charge in [-0.05, 0) is 54.4 Å². The summed E-state index contributed by atoms with van der Waals surface area (Å²) in [5, 5.41) is 1.12. The van der Waals surface area contributed by atoms with Crippen LogP contribution in [0.4, 0.5) is 8.78 Å². The number of carbonyl (C=O) groups is 1. The highest BCUT2D eigenvalue weighted by Crippen LogP contribution is 2.43. The number of thioether (sulfide) groups is 1. The van der Waals surface area contributed by atoms with E-state index >= 15 is 0 Å². The van der Waals surface area contributed by atoms with Crippen molar-refractivity contribution in [3.63, 3.8) is 0 Å². The SMILES string of the molecule is COc1ccc(OC)c(C2c3[nH]c4ccccc4c3CCN2C(=O)c2cccc(SC(F)F)c2)c1. The van der Waals surface area contributed by atoms with E-state index in [0.717, 1.165) is 27.7 Å². The zero-order valence-corrected chi connectivity index (χ0v) is 20.1. The number of amides is 1. The van der Waals surface area contributed by atoms with Crippen LogP contribution in [-0.4, -0.2) is 42.3 Å². The van der Waals surface area contributed by atoms with Crippen LogP contribution in [-0.2, 0) is 6.42 Å². The van der Waals surface area contributed by atoms with Gasteiger partial charge in [0.15, 0.2) is 0 Å². The summed E-state index contributed by atoms with van der Waals surface area (Å²) in [7, 11) is 3.19. The van der Waals surface area contributed by atoms with Gasteiger partial charge in [0.25, 0.3) is 11.7 Å². The fourth-order valence-corrected chi connectivity index (χ4v) is 5.37. The van der Waals surface area contributed by atoms with Crippen molar-refractivity contribution in [2.45, 2.75) is 23.1 Å². The van der Waals surface area contributed by atoms with Gasteiger partial charge in [0.1, 0.15) is 17.5 Å². The number of alkyl halides is 2. The predicted molar refractivity (Wildman–Crippen MR) is 133 cm³/mol. The highest BCUT2D eigenvalue weighted by Gasteiger charge is 2.37. The molecule has 180 valence electrons. The molecule has 1 aliphatic heterocycles. The van der Waals surface area contributed by atoms with Crippen LogP contribution in [0.15, 0.2) is 71.6 Å². The first kappa shape index (κ1) is 23.2. The molecule has 0 radical (unpaired) electrons. The summed E-state index contributed by atoms with van der Waals surface area (Å²) >= 11 is 0.430. The zero-order chi connectivity index (χ0) is 24.5. The monoisotopic (exact) mass is 494 g/mol. The Morgan fingerprint density at radius 1 is 1.06 bits per heavy atom. The molecule has 0 aliphatic carbocycles. The van der Waals surface area contributed by atoms with Gasteiger partial charge in [-0.15, -0.1) is 0 Å². The number of halogens is 2. The lowest BCUT2D eigenvalue weighted by Crippen LogP contribution is -2.40. The Balaban J connectivity index is 1.66. The fourth-order valence-electron chi connectivity index (χ4n) is 4.81. The molecular weight excluding hydrogens is 470 g/mol. The molecule has 4 aromatic rings. The summed E-state index contributed by atoms with van der Waals surface area (Å²) in [6.45, 7) is 0.463. The van der Waals surface area contributed by atoms with E-state index in [2.05, 4.69) is 11.1 Å². The van der Waals surface area contributed by atoms with Crippen LogP contribution in [0.5, 0.6) is 11.5 Å². The molecule has 1 amide bonds. The number of H-pyrrole nitrogens is 1. The van der Waals surface area contributed by atoms with Gasteiger partial charge in [-0.3, -0.25) is 4.79 Å². The molecule has 3 aromatic carbocycles. The standard InChI is InChI=1S/C27H24F2N2O3S/c1-33-17-10-11-23(34-2)21(15-17)25-24-20(19-8-3-4-9-22(19)30-24)12-13-31(25)26(32)16-6-5-7-18(14-16)35-27(28)29/h3-11,14-15,25,27,30H,12-13H2,1-2H3. The largest absolute Gasteiger partial charge is 0.497 e. The molecule has 35 heavy (non-hydrogen) atoms. The van der Waals surface area contributed by atoms with Crippen LogP contribution < -0.4 is 9.47 Å². The number of fused-ring (bicyclic) bond motifs is 3. The highest BCUT2D eigenvalue weighted by atomic mass is 32.2. The minimum atomic E-state index is -2.56. The number of aromatic amines is 1. The van der Waals surface area contributed by atoms with E-state index in [4.69, 9.17) is 9.47 Å². The lowest BCUT2D eigenvalue weighted by molar-refractivity contribution is 0.0689. The van der Waals surface area contributed by atoms with Crippen molar-refractivity contribution < 1.29 is 23.0 Å². The van der Waals surface area contributed by atoms with Crippen molar-refractivity contribution in [2.24, 2.45) is 0 Å². The van der Waals surface area contributed by atoms with Crippen molar-refractivity contribution in [3.8, 4) is 11.5 Å². The Kier molecular flexibility index (Phi) is 6.38. The van der Waals surface area contributed by atoms with E-state index in [-0.39, 0.29) is 5.91 Å². The van der Waals surface area contributed by atoms with Crippen LogP contribution in [0.3, 0.4) is 0 Å². The number of rotatable bonds is 6. The molecule has 2 heterocycles. The Labute approximate surface area is 206 Å². The maximum atomic E-state index is 13.8. The summed E-state index contributed by atoms with van der Waals surface area (Å²) < 4.78 is 37.1. The molecule has 1 aromatic heterocycles. The average Bonchev–Trinajstić information content (AvgIpc) is 3.26. The molecule has 0 fully saturated rings. The number of hydrogen-bond donors (Lipinski definition) is 1. The van der Waals surface area contributed by atoms with E-state index in [1.807, 2.05) is 36.4 Å². The van der Waals surface area contributed by atoms with Gasteiger partial charge in [-0.2, -0.15) is 8.78 Å². The van der Waals surface area contributed by atoms with E-state index < -0.39 is 11.8 Å². The van der Waals surface area contributed by atoms with Crippen LogP contribution in [0.1, 0.15) is 33.2 Å². The van der Waals surface area contributed by atoms with E-state index in [0.29, 0.717) is 46.7 Å². The molecule has 0 saturated heterocycles.